The lowest BCUT2D eigenvalue weighted by Crippen LogP contribution is -2.30. The van der Waals surface area contributed by atoms with Crippen LogP contribution in [0.4, 0.5) is 10.7 Å². The number of nitro groups is 1. The van der Waals surface area contributed by atoms with E-state index in [-0.39, 0.29) is 29.4 Å². The number of amides is 1. The number of hydrogen-bond donors (Lipinski definition) is 2. The second-order valence-electron chi connectivity index (χ2n) is 5.27. The van der Waals surface area contributed by atoms with E-state index < -0.39 is 4.92 Å². The molecule has 0 fully saturated rings. The maximum absolute atomic E-state index is 12.3. The van der Waals surface area contributed by atoms with Crippen molar-refractivity contribution < 1.29 is 9.72 Å². The molecule has 0 spiro atoms. The highest BCUT2D eigenvalue weighted by atomic mass is 35.5. The first kappa shape index (κ1) is 17.2. The number of halogens is 1. The van der Waals surface area contributed by atoms with Crippen molar-refractivity contribution >= 4 is 40.3 Å². The fourth-order valence-electron chi connectivity index (χ4n) is 2.76. The molecule has 1 aliphatic carbocycles. The number of nitrogens with one attached hydrogen (secondary N) is 1. The number of carbonyl (C=O) groups is 1. The predicted octanol–water partition coefficient (Wildman–Crippen LogP) is 3.47. The highest BCUT2D eigenvalue weighted by Crippen LogP contribution is 2.32. The van der Waals surface area contributed by atoms with Crippen molar-refractivity contribution in [2.24, 2.45) is 0 Å². The van der Waals surface area contributed by atoms with E-state index in [2.05, 4.69) is 5.32 Å². The van der Waals surface area contributed by atoms with Crippen molar-refractivity contribution in [1.82, 2.24) is 5.32 Å². The van der Waals surface area contributed by atoms with Crippen LogP contribution in [0.25, 0.3) is 0 Å². The van der Waals surface area contributed by atoms with E-state index in [1.54, 1.807) is 0 Å². The Bertz CT molecular complexity index is 747. The zero-order valence-electron chi connectivity index (χ0n) is 12.2. The number of anilines is 1. The third-order valence-electron chi connectivity index (χ3n) is 3.78. The van der Waals surface area contributed by atoms with Crippen molar-refractivity contribution in [3.63, 3.8) is 0 Å². The molecule has 1 atom stereocenters. The molecular formula is C15H16ClN3O3S. The maximum atomic E-state index is 12.3. The van der Waals surface area contributed by atoms with E-state index in [1.165, 1.54) is 12.1 Å². The fourth-order valence-corrected chi connectivity index (χ4v) is 3.49. The molecule has 8 heteroatoms. The molecule has 0 saturated carbocycles. The Hall–Kier alpha value is -2.12. The van der Waals surface area contributed by atoms with Gasteiger partial charge in [0.2, 0.25) is 0 Å². The quantitative estimate of drug-likeness (QED) is 0.501. The smallest absolute Gasteiger partial charge is 0.324 e. The summed E-state index contributed by atoms with van der Waals surface area (Å²) in [6.07, 6.45) is 2.79. The van der Waals surface area contributed by atoms with Gasteiger partial charge in [-0.2, -0.15) is 0 Å². The van der Waals surface area contributed by atoms with Crippen LogP contribution >= 0.6 is 23.7 Å². The zero-order chi connectivity index (χ0) is 15.7. The minimum atomic E-state index is -0.486. The monoisotopic (exact) mass is 353 g/mol. The topological polar surface area (TPSA) is 98.3 Å². The molecule has 0 radical (unpaired) electrons. The first-order valence-electron chi connectivity index (χ1n) is 6.98. The fraction of sp³-hybridized carbons (Fsp3) is 0.267. The van der Waals surface area contributed by atoms with Gasteiger partial charge < -0.3 is 11.1 Å². The van der Waals surface area contributed by atoms with Gasteiger partial charge in [0.05, 0.1) is 15.8 Å². The Morgan fingerprint density at radius 2 is 2.13 bits per heavy atom. The molecule has 1 aliphatic rings. The van der Waals surface area contributed by atoms with Gasteiger partial charge in [-0.1, -0.05) is 17.4 Å². The summed E-state index contributed by atoms with van der Waals surface area (Å²) in [7, 11) is 0. The summed E-state index contributed by atoms with van der Waals surface area (Å²) >= 11 is 0.890. The van der Waals surface area contributed by atoms with Gasteiger partial charge >= 0.3 is 5.00 Å². The molecule has 0 bridgehead atoms. The maximum Gasteiger partial charge on any atom is 0.324 e. The van der Waals surface area contributed by atoms with Gasteiger partial charge in [0, 0.05) is 11.8 Å². The molecule has 1 aromatic heterocycles. The number of fused-ring (bicyclic) bond motifs is 1. The molecule has 0 saturated heterocycles. The van der Waals surface area contributed by atoms with Gasteiger partial charge in [-0.15, -0.1) is 12.4 Å². The second-order valence-corrected chi connectivity index (χ2v) is 6.33. The Morgan fingerprint density at radius 3 is 2.83 bits per heavy atom. The van der Waals surface area contributed by atoms with Crippen LogP contribution in [0.15, 0.2) is 30.3 Å². The van der Waals surface area contributed by atoms with Crippen LogP contribution in [0.3, 0.4) is 0 Å². The number of nitrogens with zero attached hydrogens (tertiary/aromatic N) is 1. The van der Waals surface area contributed by atoms with E-state index in [0.29, 0.717) is 4.88 Å². The number of benzene rings is 1. The number of hydrogen-bond acceptors (Lipinski definition) is 5. The minimum absolute atomic E-state index is 0. The first-order valence-corrected chi connectivity index (χ1v) is 7.79. The summed E-state index contributed by atoms with van der Waals surface area (Å²) < 4.78 is 0. The lowest BCUT2D eigenvalue weighted by atomic mass is 9.87. The molecule has 1 unspecified atom stereocenters. The molecule has 1 heterocycles. The highest BCUT2D eigenvalue weighted by Gasteiger charge is 2.23. The third kappa shape index (κ3) is 3.62. The molecule has 2 aromatic rings. The predicted molar refractivity (Wildman–Crippen MR) is 92.2 cm³/mol. The van der Waals surface area contributed by atoms with Crippen LogP contribution in [0.2, 0.25) is 0 Å². The van der Waals surface area contributed by atoms with Gasteiger partial charge in [-0.3, -0.25) is 14.9 Å². The third-order valence-corrected chi connectivity index (χ3v) is 4.82. The van der Waals surface area contributed by atoms with Crippen molar-refractivity contribution in [2.45, 2.75) is 25.3 Å². The number of aryl methyl sites for hydroxylation is 1. The Balaban J connectivity index is 0.00000192. The number of thiophene rings is 1. The van der Waals surface area contributed by atoms with E-state index in [0.717, 1.165) is 47.4 Å². The van der Waals surface area contributed by atoms with Crippen LogP contribution in [-0.4, -0.2) is 10.8 Å². The van der Waals surface area contributed by atoms with Crippen molar-refractivity contribution in [2.75, 3.05) is 5.73 Å². The normalized spacial score (nSPS) is 16.1. The average molecular weight is 354 g/mol. The summed E-state index contributed by atoms with van der Waals surface area (Å²) in [6, 6.07) is 8.51. The van der Waals surface area contributed by atoms with Gasteiger partial charge in [-0.05, 0) is 48.6 Å². The van der Waals surface area contributed by atoms with Gasteiger partial charge in [0.1, 0.15) is 0 Å². The van der Waals surface area contributed by atoms with E-state index in [4.69, 9.17) is 5.73 Å². The Kier molecular flexibility index (Phi) is 5.23. The number of carbonyl (C=O) groups excluding carboxylic acids is 1. The molecular weight excluding hydrogens is 338 g/mol. The molecule has 0 aliphatic heterocycles. The molecule has 122 valence electrons. The zero-order valence-corrected chi connectivity index (χ0v) is 13.8. The summed E-state index contributed by atoms with van der Waals surface area (Å²) in [5.41, 5.74) is 8.77. The van der Waals surface area contributed by atoms with Crippen LogP contribution in [0, 0.1) is 10.1 Å². The molecule has 6 nitrogen and oxygen atoms in total. The van der Waals surface area contributed by atoms with Crippen molar-refractivity contribution in [3.05, 3.63) is 56.5 Å². The molecule has 3 N–H and O–H groups in total. The van der Waals surface area contributed by atoms with Gasteiger partial charge in [0.15, 0.2) is 0 Å². The van der Waals surface area contributed by atoms with Crippen LogP contribution in [0.5, 0.6) is 0 Å². The highest BCUT2D eigenvalue weighted by molar-refractivity contribution is 7.17. The summed E-state index contributed by atoms with van der Waals surface area (Å²) in [5.74, 6) is -0.271. The Labute approximate surface area is 143 Å². The van der Waals surface area contributed by atoms with Crippen LogP contribution in [0.1, 0.15) is 39.7 Å². The first-order chi connectivity index (χ1) is 10.5. The van der Waals surface area contributed by atoms with E-state index >= 15 is 0 Å². The van der Waals surface area contributed by atoms with Crippen molar-refractivity contribution in [1.29, 1.82) is 0 Å². The van der Waals surface area contributed by atoms with Crippen molar-refractivity contribution in [3.8, 4) is 0 Å². The summed E-state index contributed by atoms with van der Waals surface area (Å²) in [5, 5.41) is 13.6. The number of nitrogens with two attached hydrogens (primary N) is 1. The van der Waals surface area contributed by atoms with Crippen LogP contribution in [-0.2, 0) is 6.42 Å². The Morgan fingerprint density at radius 1 is 1.35 bits per heavy atom. The van der Waals surface area contributed by atoms with Gasteiger partial charge in [0.25, 0.3) is 5.91 Å². The largest absolute Gasteiger partial charge is 0.399 e. The molecule has 23 heavy (non-hydrogen) atoms. The average Bonchev–Trinajstić information content (AvgIpc) is 2.97. The van der Waals surface area contributed by atoms with E-state index in [1.807, 2.05) is 18.2 Å². The molecule has 1 aromatic carbocycles. The lowest BCUT2D eigenvalue weighted by molar-refractivity contribution is -0.380. The van der Waals surface area contributed by atoms with E-state index in [9.17, 15) is 14.9 Å². The number of nitrogen functional groups attached to an aromatic ring is 1. The standard InChI is InChI=1S/C15H15N3O3S.ClH/c16-10-4-5-11-9(8-10)2-1-3-12(11)17-15(19)13-6-7-14(22-13)18(20)21;/h4-8,12H,1-3,16H2,(H,17,19);1H. The lowest BCUT2D eigenvalue weighted by Gasteiger charge is -2.26. The van der Waals surface area contributed by atoms with Gasteiger partial charge in [-0.25, -0.2) is 0 Å². The summed E-state index contributed by atoms with van der Waals surface area (Å²) in [4.78, 5) is 22.8. The number of rotatable bonds is 3. The second kappa shape index (κ2) is 6.97. The minimum Gasteiger partial charge on any atom is -0.399 e. The SMILES string of the molecule is Cl.Nc1ccc2c(c1)CCCC2NC(=O)c1ccc([N+](=O)[O-])s1. The summed E-state index contributed by atoms with van der Waals surface area (Å²) in [6.45, 7) is 0. The van der Waals surface area contributed by atoms with Crippen LogP contribution < -0.4 is 11.1 Å². The molecule has 3 rings (SSSR count). The molecule has 1 amide bonds.